The molecule has 0 aliphatic rings. The highest BCUT2D eigenvalue weighted by Crippen LogP contribution is 2.36. The summed E-state index contributed by atoms with van der Waals surface area (Å²) in [7, 11) is 0. The van der Waals surface area contributed by atoms with Gasteiger partial charge in [0, 0.05) is 28.6 Å². The van der Waals surface area contributed by atoms with Crippen molar-refractivity contribution >= 4 is 49.5 Å². The van der Waals surface area contributed by atoms with E-state index in [2.05, 4.69) is 75.8 Å². The molecule has 4 heterocycles. The zero-order valence-electron chi connectivity index (χ0n) is 19.2. The van der Waals surface area contributed by atoms with E-state index in [4.69, 9.17) is 15.0 Å². The van der Waals surface area contributed by atoms with Crippen LogP contribution in [0.4, 0.5) is 0 Å². The number of imidazole rings is 1. The Morgan fingerprint density at radius 1 is 0.500 bits per heavy atom. The smallest absolute Gasteiger partial charge is 0.165 e. The lowest BCUT2D eigenvalue weighted by Crippen LogP contribution is -2.03. The van der Waals surface area contributed by atoms with E-state index < -0.39 is 0 Å². The lowest BCUT2D eigenvalue weighted by Gasteiger charge is -2.13. The Morgan fingerprint density at radius 3 is 2.00 bits per heavy atom. The number of nitrogens with zero attached hydrogens (tertiary/aromatic N) is 5. The molecule has 0 N–H and O–H groups in total. The van der Waals surface area contributed by atoms with Crippen molar-refractivity contribution in [2.75, 3.05) is 0 Å². The molecule has 0 atom stereocenters. The van der Waals surface area contributed by atoms with Crippen molar-refractivity contribution in [3.05, 3.63) is 115 Å². The Morgan fingerprint density at radius 2 is 1.17 bits per heavy atom. The number of hydrogen-bond acceptors (Lipinski definition) is 3. The zero-order chi connectivity index (χ0) is 23.6. The summed E-state index contributed by atoms with van der Waals surface area (Å²) in [6.45, 7) is 0. The second-order valence-corrected chi connectivity index (χ2v) is 9.00. The Labute approximate surface area is 205 Å². The van der Waals surface area contributed by atoms with Crippen molar-refractivity contribution in [1.29, 1.82) is 0 Å². The number of hydrogen-bond donors (Lipinski definition) is 0. The molecule has 5 nitrogen and oxygen atoms in total. The summed E-state index contributed by atoms with van der Waals surface area (Å²) in [5, 5.41) is 2.32. The van der Waals surface area contributed by atoms with E-state index in [1.807, 2.05) is 48.5 Å². The Bertz CT molecular complexity index is 2100. The van der Waals surface area contributed by atoms with E-state index >= 15 is 0 Å². The van der Waals surface area contributed by atoms with Gasteiger partial charge >= 0.3 is 0 Å². The van der Waals surface area contributed by atoms with Crippen LogP contribution in [0.3, 0.4) is 0 Å². The van der Waals surface area contributed by atoms with Gasteiger partial charge in [-0.15, -0.1) is 0 Å². The number of benzene rings is 4. The standard InChI is InChI=1S/C31H19N5/c1-2-10-20(11-3-1)30-31(34-24-14-6-5-13-23(24)33-30)36-26-16-8-4-12-21(26)22-19-35-27-17-9-7-15-25(27)32-29(35)18-28(22)36/h1-19H. The van der Waals surface area contributed by atoms with Gasteiger partial charge in [0.1, 0.15) is 11.3 Å². The highest BCUT2D eigenvalue weighted by atomic mass is 15.1. The molecule has 0 bridgehead atoms. The van der Waals surface area contributed by atoms with Crippen molar-refractivity contribution in [2.45, 2.75) is 0 Å². The van der Waals surface area contributed by atoms with Crippen LogP contribution in [-0.2, 0) is 0 Å². The van der Waals surface area contributed by atoms with Gasteiger partial charge in [-0.05, 0) is 30.3 Å². The fourth-order valence-corrected chi connectivity index (χ4v) is 5.28. The average Bonchev–Trinajstić information content (AvgIpc) is 3.46. The quantitative estimate of drug-likeness (QED) is 0.274. The maximum absolute atomic E-state index is 5.19. The first kappa shape index (κ1) is 19.3. The van der Waals surface area contributed by atoms with Crippen LogP contribution in [0.15, 0.2) is 115 Å². The normalized spacial score (nSPS) is 11.9. The maximum Gasteiger partial charge on any atom is 0.165 e. The van der Waals surface area contributed by atoms with E-state index in [0.29, 0.717) is 0 Å². The van der Waals surface area contributed by atoms with Crippen LogP contribution in [0.25, 0.3) is 66.6 Å². The van der Waals surface area contributed by atoms with E-state index in [0.717, 1.165) is 61.2 Å². The summed E-state index contributed by atoms with van der Waals surface area (Å²) in [4.78, 5) is 15.2. The molecule has 8 aromatic rings. The lowest BCUT2D eigenvalue weighted by molar-refractivity contribution is 1.08. The number of aromatic nitrogens is 5. The van der Waals surface area contributed by atoms with Crippen molar-refractivity contribution in [1.82, 2.24) is 23.9 Å². The summed E-state index contributed by atoms with van der Waals surface area (Å²) in [5.74, 6) is 0.812. The van der Waals surface area contributed by atoms with E-state index in [9.17, 15) is 0 Å². The van der Waals surface area contributed by atoms with Gasteiger partial charge in [0.2, 0.25) is 0 Å². The van der Waals surface area contributed by atoms with Crippen molar-refractivity contribution in [2.24, 2.45) is 0 Å². The van der Waals surface area contributed by atoms with Crippen molar-refractivity contribution in [3.63, 3.8) is 0 Å². The highest BCUT2D eigenvalue weighted by molar-refractivity contribution is 6.10. The summed E-state index contributed by atoms with van der Waals surface area (Å²) in [5.41, 5.74) is 8.76. The minimum atomic E-state index is 0.812. The largest absolute Gasteiger partial charge is 0.299 e. The fraction of sp³-hybridized carbons (Fsp3) is 0. The number of pyridine rings is 1. The topological polar surface area (TPSA) is 48.0 Å². The summed E-state index contributed by atoms with van der Waals surface area (Å²) in [6, 6.07) is 37.3. The Hall–Kier alpha value is -5.03. The van der Waals surface area contributed by atoms with Crippen LogP contribution in [0, 0.1) is 0 Å². The minimum absolute atomic E-state index is 0.812. The van der Waals surface area contributed by atoms with Crippen LogP contribution in [0.1, 0.15) is 0 Å². The molecule has 36 heavy (non-hydrogen) atoms. The Kier molecular flexibility index (Phi) is 3.88. The maximum atomic E-state index is 5.19. The van der Waals surface area contributed by atoms with Gasteiger partial charge in [-0.1, -0.05) is 72.8 Å². The van der Waals surface area contributed by atoms with Gasteiger partial charge in [0.25, 0.3) is 0 Å². The molecule has 4 aromatic carbocycles. The van der Waals surface area contributed by atoms with Crippen LogP contribution in [-0.4, -0.2) is 23.9 Å². The third-order valence-corrected chi connectivity index (χ3v) is 6.91. The molecule has 5 heteroatoms. The molecule has 4 aromatic heterocycles. The first-order valence-electron chi connectivity index (χ1n) is 12.0. The highest BCUT2D eigenvalue weighted by Gasteiger charge is 2.20. The van der Waals surface area contributed by atoms with E-state index in [1.165, 1.54) is 5.39 Å². The molecule has 0 saturated carbocycles. The van der Waals surface area contributed by atoms with E-state index in [1.54, 1.807) is 0 Å². The lowest BCUT2D eigenvalue weighted by atomic mass is 10.1. The SMILES string of the molecule is c1ccc(-c2nc3ccccc3nc2-n2c3ccccc3c3cn4c(cc32)nc2ccccc24)cc1. The molecule has 0 aliphatic heterocycles. The second kappa shape index (κ2) is 7.23. The third kappa shape index (κ3) is 2.68. The second-order valence-electron chi connectivity index (χ2n) is 9.00. The van der Waals surface area contributed by atoms with Gasteiger partial charge in [0.05, 0.1) is 33.1 Å². The zero-order valence-corrected chi connectivity index (χ0v) is 19.2. The van der Waals surface area contributed by atoms with Gasteiger partial charge in [-0.3, -0.25) is 8.97 Å². The first-order chi connectivity index (χ1) is 17.8. The molecule has 0 saturated heterocycles. The van der Waals surface area contributed by atoms with Gasteiger partial charge in [0.15, 0.2) is 5.82 Å². The van der Waals surface area contributed by atoms with Crippen LogP contribution in [0.5, 0.6) is 0 Å². The predicted molar refractivity (Wildman–Crippen MR) is 146 cm³/mol. The molecular weight excluding hydrogens is 442 g/mol. The Balaban J connectivity index is 1.56. The number of fused-ring (bicyclic) bond motifs is 7. The van der Waals surface area contributed by atoms with Crippen LogP contribution >= 0.6 is 0 Å². The van der Waals surface area contributed by atoms with Gasteiger partial charge < -0.3 is 0 Å². The predicted octanol–water partition coefficient (Wildman–Crippen LogP) is 7.19. The number of para-hydroxylation sites is 5. The van der Waals surface area contributed by atoms with Crippen LogP contribution in [0.2, 0.25) is 0 Å². The van der Waals surface area contributed by atoms with Crippen molar-refractivity contribution < 1.29 is 0 Å². The molecule has 168 valence electrons. The van der Waals surface area contributed by atoms with Gasteiger partial charge in [-0.2, -0.15) is 0 Å². The molecule has 0 amide bonds. The van der Waals surface area contributed by atoms with Crippen molar-refractivity contribution in [3.8, 4) is 17.1 Å². The van der Waals surface area contributed by atoms with Gasteiger partial charge in [-0.25, -0.2) is 15.0 Å². The molecule has 0 unspecified atom stereocenters. The minimum Gasteiger partial charge on any atom is -0.299 e. The molecule has 0 fully saturated rings. The fourth-order valence-electron chi connectivity index (χ4n) is 5.28. The third-order valence-electron chi connectivity index (χ3n) is 6.91. The molecular formula is C31H19N5. The first-order valence-corrected chi connectivity index (χ1v) is 12.0. The van der Waals surface area contributed by atoms with Crippen LogP contribution < -0.4 is 0 Å². The monoisotopic (exact) mass is 461 g/mol. The summed E-state index contributed by atoms with van der Waals surface area (Å²) < 4.78 is 4.42. The summed E-state index contributed by atoms with van der Waals surface area (Å²) in [6.07, 6.45) is 2.20. The van der Waals surface area contributed by atoms with E-state index in [-0.39, 0.29) is 0 Å². The number of rotatable bonds is 2. The molecule has 0 radical (unpaired) electrons. The summed E-state index contributed by atoms with van der Waals surface area (Å²) >= 11 is 0. The molecule has 8 rings (SSSR count). The molecule has 0 aliphatic carbocycles. The average molecular weight is 462 g/mol. The molecule has 0 spiro atoms.